The number of H-pyrrole nitrogens is 1. The molecule has 1 N–H and O–H groups in total. The fourth-order valence-electron chi connectivity index (χ4n) is 1.18. The Morgan fingerprint density at radius 3 is 2.18 bits per heavy atom. The van der Waals surface area contributed by atoms with E-state index in [0.29, 0.717) is 0 Å². The summed E-state index contributed by atoms with van der Waals surface area (Å²) in [4.78, 5) is 7.35. The molecule has 4 heteroatoms. The summed E-state index contributed by atoms with van der Waals surface area (Å²) in [7, 11) is 0. The van der Waals surface area contributed by atoms with Crippen LogP contribution in [0.2, 0.25) is 0 Å². The van der Waals surface area contributed by atoms with Crippen molar-refractivity contribution in [3.05, 3.63) is 40.4 Å². The van der Waals surface area contributed by atoms with Crippen LogP contribution in [0.15, 0.2) is 28.9 Å². The van der Waals surface area contributed by atoms with Crippen LogP contribution in [0.3, 0.4) is 0 Å². The second-order valence-electron chi connectivity index (χ2n) is 3.72. The van der Waals surface area contributed by atoms with E-state index in [4.69, 9.17) is 0 Å². The molecule has 0 aliphatic heterocycles. The number of imidazole rings is 1. The molecule has 1 aromatic heterocycles. The number of aromatic nitrogens is 2. The Morgan fingerprint density at radius 1 is 1.24 bits per heavy atom. The van der Waals surface area contributed by atoms with Crippen molar-refractivity contribution in [1.29, 1.82) is 0 Å². The number of halogens is 2. The van der Waals surface area contributed by atoms with E-state index in [2.05, 4.69) is 39.7 Å². The van der Waals surface area contributed by atoms with Crippen molar-refractivity contribution in [3.8, 4) is 11.4 Å². The summed E-state index contributed by atoms with van der Waals surface area (Å²) in [6.07, 6.45) is 1.25. The molecule has 17 heavy (non-hydrogen) atoms. The van der Waals surface area contributed by atoms with Crippen molar-refractivity contribution in [2.45, 2.75) is 27.2 Å². The Balaban J connectivity index is 0.000000437. The van der Waals surface area contributed by atoms with Gasteiger partial charge in [0, 0.05) is 11.3 Å². The maximum Gasteiger partial charge on any atom is 0.138 e. The Hall–Kier alpha value is -1.16. The maximum atomic E-state index is 12.6. The Bertz CT molecular complexity index is 443. The van der Waals surface area contributed by atoms with E-state index in [1.54, 1.807) is 12.1 Å². The molecule has 0 saturated carbocycles. The number of hydrogen-bond donors (Lipinski definition) is 1. The fourth-order valence-corrected chi connectivity index (χ4v) is 1.46. The highest BCUT2D eigenvalue weighted by Crippen LogP contribution is 2.21. The summed E-state index contributed by atoms with van der Waals surface area (Å²) in [5, 5.41) is 0. The van der Waals surface area contributed by atoms with E-state index in [1.165, 1.54) is 18.6 Å². The van der Waals surface area contributed by atoms with E-state index < -0.39 is 0 Å². The third kappa shape index (κ3) is 3.97. The number of aryl methyl sites for hydroxylation is 1. The third-order valence-corrected chi connectivity index (χ3v) is 2.72. The van der Waals surface area contributed by atoms with Gasteiger partial charge in [0.1, 0.15) is 16.2 Å². The molecule has 0 aliphatic carbocycles. The standard InChI is InChI=1S/C10H8BrFN2.C3H8/c1-6-9(11)14-10(13-6)7-2-4-8(12)5-3-7;1-3-2/h2-5H,1H3,(H,13,14);3H2,1-2H3. The number of rotatable bonds is 1. The smallest absolute Gasteiger partial charge is 0.138 e. The zero-order chi connectivity index (χ0) is 12.8. The van der Waals surface area contributed by atoms with Crippen LogP contribution in [-0.2, 0) is 0 Å². The van der Waals surface area contributed by atoms with E-state index in [1.807, 2.05) is 6.92 Å². The van der Waals surface area contributed by atoms with Crippen molar-refractivity contribution in [1.82, 2.24) is 9.97 Å². The molecule has 0 saturated heterocycles. The normalized spacial score (nSPS) is 9.71. The largest absolute Gasteiger partial charge is 0.341 e. The molecule has 0 unspecified atom stereocenters. The number of nitrogens with zero attached hydrogens (tertiary/aromatic N) is 1. The van der Waals surface area contributed by atoms with Gasteiger partial charge >= 0.3 is 0 Å². The lowest BCUT2D eigenvalue weighted by molar-refractivity contribution is 0.628. The molecule has 1 aromatic carbocycles. The summed E-state index contributed by atoms with van der Waals surface area (Å²) in [6.45, 7) is 6.17. The van der Waals surface area contributed by atoms with Crippen LogP contribution in [0, 0.1) is 12.7 Å². The van der Waals surface area contributed by atoms with Gasteiger partial charge in [-0.2, -0.15) is 0 Å². The second-order valence-corrected chi connectivity index (χ2v) is 4.47. The first-order chi connectivity index (χ1) is 8.08. The lowest BCUT2D eigenvalue weighted by atomic mass is 10.2. The summed E-state index contributed by atoms with van der Waals surface area (Å²) >= 11 is 3.31. The molecule has 2 nitrogen and oxygen atoms in total. The van der Waals surface area contributed by atoms with Gasteiger partial charge in [-0.3, -0.25) is 0 Å². The first-order valence-corrected chi connectivity index (χ1v) is 6.35. The molecule has 2 aromatic rings. The second kappa shape index (κ2) is 6.55. The minimum Gasteiger partial charge on any atom is -0.341 e. The molecular weight excluding hydrogens is 283 g/mol. The summed E-state index contributed by atoms with van der Waals surface area (Å²) < 4.78 is 13.4. The van der Waals surface area contributed by atoms with Gasteiger partial charge in [0.15, 0.2) is 0 Å². The number of nitrogens with one attached hydrogen (secondary N) is 1. The Labute approximate surface area is 109 Å². The Morgan fingerprint density at radius 2 is 1.76 bits per heavy atom. The molecule has 0 spiro atoms. The topological polar surface area (TPSA) is 28.7 Å². The summed E-state index contributed by atoms with van der Waals surface area (Å²) in [6, 6.07) is 6.22. The van der Waals surface area contributed by atoms with Crippen molar-refractivity contribution in [2.24, 2.45) is 0 Å². The number of benzene rings is 1. The molecular formula is C13H16BrFN2. The van der Waals surface area contributed by atoms with Gasteiger partial charge < -0.3 is 4.98 Å². The lowest BCUT2D eigenvalue weighted by Crippen LogP contribution is -1.81. The average Bonchev–Trinajstić information content (AvgIpc) is 2.61. The molecule has 1 heterocycles. The minimum atomic E-state index is -0.240. The van der Waals surface area contributed by atoms with Crippen LogP contribution in [0.4, 0.5) is 4.39 Å². The SMILES string of the molecule is CCC.Cc1[nH]c(-c2ccc(F)cc2)nc1Br. The van der Waals surface area contributed by atoms with Crippen LogP contribution in [0.25, 0.3) is 11.4 Å². The first-order valence-electron chi connectivity index (χ1n) is 5.56. The summed E-state index contributed by atoms with van der Waals surface area (Å²) in [5.74, 6) is 0.505. The van der Waals surface area contributed by atoms with Gasteiger partial charge in [0.05, 0.1) is 0 Å². The van der Waals surface area contributed by atoms with Gasteiger partial charge in [-0.05, 0) is 47.1 Å². The van der Waals surface area contributed by atoms with Crippen molar-refractivity contribution >= 4 is 15.9 Å². The quantitative estimate of drug-likeness (QED) is 0.812. The van der Waals surface area contributed by atoms with E-state index in [0.717, 1.165) is 21.7 Å². The monoisotopic (exact) mass is 298 g/mol. The highest BCUT2D eigenvalue weighted by Gasteiger charge is 2.05. The fraction of sp³-hybridized carbons (Fsp3) is 0.308. The number of aromatic amines is 1. The zero-order valence-electron chi connectivity index (χ0n) is 10.2. The van der Waals surface area contributed by atoms with Crippen LogP contribution in [-0.4, -0.2) is 9.97 Å². The third-order valence-electron chi connectivity index (χ3n) is 1.94. The first kappa shape index (κ1) is 13.9. The van der Waals surface area contributed by atoms with E-state index in [9.17, 15) is 4.39 Å². The highest BCUT2D eigenvalue weighted by molar-refractivity contribution is 9.10. The van der Waals surface area contributed by atoms with Crippen LogP contribution >= 0.6 is 15.9 Å². The predicted octanol–water partition coefficient (Wildman–Crippen LogP) is 4.70. The van der Waals surface area contributed by atoms with Crippen molar-refractivity contribution in [2.75, 3.05) is 0 Å². The van der Waals surface area contributed by atoms with Crippen LogP contribution in [0.1, 0.15) is 26.0 Å². The molecule has 0 amide bonds. The minimum absolute atomic E-state index is 0.240. The van der Waals surface area contributed by atoms with Crippen molar-refractivity contribution < 1.29 is 4.39 Å². The van der Waals surface area contributed by atoms with E-state index >= 15 is 0 Å². The molecule has 0 radical (unpaired) electrons. The molecule has 0 bridgehead atoms. The maximum absolute atomic E-state index is 12.6. The molecule has 2 rings (SSSR count). The average molecular weight is 299 g/mol. The molecule has 0 fully saturated rings. The lowest BCUT2D eigenvalue weighted by Gasteiger charge is -1.95. The summed E-state index contributed by atoms with van der Waals surface area (Å²) in [5.41, 5.74) is 1.84. The van der Waals surface area contributed by atoms with Gasteiger partial charge in [-0.25, -0.2) is 9.37 Å². The molecule has 0 aliphatic rings. The molecule has 92 valence electrons. The van der Waals surface area contributed by atoms with Crippen LogP contribution < -0.4 is 0 Å². The zero-order valence-corrected chi connectivity index (χ0v) is 11.8. The van der Waals surface area contributed by atoms with Gasteiger partial charge in [-0.15, -0.1) is 0 Å². The van der Waals surface area contributed by atoms with Crippen molar-refractivity contribution in [3.63, 3.8) is 0 Å². The van der Waals surface area contributed by atoms with E-state index in [-0.39, 0.29) is 5.82 Å². The predicted molar refractivity (Wildman–Crippen MR) is 72.4 cm³/mol. The van der Waals surface area contributed by atoms with Gasteiger partial charge in [0.2, 0.25) is 0 Å². The van der Waals surface area contributed by atoms with Gasteiger partial charge in [0.25, 0.3) is 0 Å². The van der Waals surface area contributed by atoms with Crippen LogP contribution in [0.5, 0.6) is 0 Å². The van der Waals surface area contributed by atoms with Gasteiger partial charge in [-0.1, -0.05) is 20.3 Å². The number of hydrogen-bond acceptors (Lipinski definition) is 1. The molecule has 0 atom stereocenters. The Kier molecular flexibility index (Phi) is 5.35. The highest BCUT2D eigenvalue weighted by atomic mass is 79.9.